The second-order valence-electron chi connectivity index (χ2n) is 3.30. The number of rotatable bonds is 2. The van der Waals surface area contributed by atoms with Crippen LogP contribution in [-0.2, 0) is 10.0 Å². The van der Waals surface area contributed by atoms with Gasteiger partial charge in [0.25, 0.3) is 0 Å². The Kier molecular flexibility index (Phi) is 4.07. The Morgan fingerprint density at radius 1 is 1.44 bits per heavy atom. The van der Waals surface area contributed by atoms with E-state index in [4.69, 9.17) is 10.2 Å². The number of hydrogen-bond acceptors (Lipinski definition) is 3. The van der Waals surface area contributed by atoms with E-state index in [0.29, 0.717) is 17.5 Å². The largest absolute Gasteiger partial charge is 0.395 e. The summed E-state index contributed by atoms with van der Waals surface area (Å²) in [5.74, 6) is 5.47. The molecule has 0 aliphatic heterocycles. The lowest BCUT2D eigenvalue weighted by Crippen LogP contribution is -2.13. The van der Waals surface area contributed by atoms with E-state index >= 15 is 0 Å². The molecule has 0 bridgehead atoms. The van der Waals surface area contributed by atoms with Crippen LogP contribution in [0.2, 0.25) is 0 Å². The van der Waals surface area contributed by atoms with Gasteiger partial charge in [0.05, 0.1) is 11.5 Å². The lowest BCUT2D eigenvalue weighted by molar-refractivity contribution is 0.305. The van der Waals surface area contributed by atoms with Crippen molar-refractivity contribution in [3.63, 3.8) is 0 Å². The molecular formula is C11H13NO3S. The molecule has 0 radical (unpaired) electrons. The van der Waals surface area contributed by atoms with Crippen LogP contribution in [0.5, 0.6) is 0 Å². The van der Waals surface area contributed by atoms with Crippen molar-refractivity contribution in [2.45, 2.75) is 18.2 Å². The van der Waals surface area contributed by atoms with Crippen LogP contribution in [0, 0.1) is 18.8 Å². The molecule has 86 valence electrons. The molecule has 0 fully saturated rings. The molecule has 0 saturated carbocycles. The lowest BCUT2D eigenvalue weighted by Gasteiger charge is -2.03. The zero-order valence-electron chi connectivity index (χ0n) is 8.90. The van der Waals surface area contributed by atoms with Crippen LogP contribution >= 0.6 is 0 Å². The number of aryl methyl sites for hydroxylation is 1. The Morgan fingerprint density at radius 3 is 2.69 bits per heavy atom. The van der Waals surface area contributed by atoms with Gasteiger partial charge in [-0.15, -0.1) is 0 Å². The molecule has 0 spiro atoms. The van der Waals surface area contributed by atoms with Crippen molar-refractivity contribution in [2.75, 3.05) is 6.61 Å². The summed E-state index contributed by atoms with van der Waals surface area (Å²) in [6.07, 6.45) is 0.360. The highest BCUT2D eigenvalue weighted by Crippen LogP contribution is 2.14. The third-order valence-corrected chi connectivity index (χ3v) is 3.02. The number of aliphatic hydroxyl groups is 1. The van der Waals surface area contributed by atoms with Crippen molar-refractivity contribution >= 4 is 10.0 Å². The number of hydrogen-bond donors (Lipinski definition) is 2. The van der Waals surface area contributed by atoms with E-state index in [1.54, 1.807) is 19.1 Å². The van der Waals surface area contributed by atoms with Gasteiger partial charge in [0.1, 0.15) is 0 Å². The zero-order valence-corrected chi connectivity index (χ0v) is 9.71. The average Bonchev–Trinajstić information content (AvgIpc) is 2.19. The van der Waals surface area contributed by atoms with Gasteiger partial charge in [0, 0.05) is 12.0 Å². The summed E-state index contributed by atoms with van der Waals surface area (Å²) in [6, 6.07) is 4.81. The molecule has 0 aromatic heterocycles. The van der Waals surface area contributed by atoms with Gasteiger partial charge in [-0.1, -0.05) is 17.9 Å². The molecule has 3 N–H and O–H groups in total. The van der Waals surface area contributed by atoms with Crippen LogP contribution in [-0.4, -0.2) is 20.1 Å². The van der Waals surface area contributed by atoms with Crippen molar-refractivity contribution < 1.29 is 13.5 Å². The van der Waals surface area contributed by atoms with Crippen LogP contribution in [0.4, 0.5) is 0 Å². The van der Waals surface area contributed by atoms with Gasteiger partial charge >= 0.3 is 0 Å². The van der Waals surface area contributed by atoms with Crippen molar-refractivity contribution in [3.8, 4) is 11.8 Å². The predicted molar refractivity (Wildman–Crippen MR) is 61.1 cm³/mol. The van der Waals surface area contributed by atoms with Gasteiger partial charge in [-0.05, 0) is 24.6 Å². The Hall–Kier alpha value is -1.35. The Labute approximate surface area is 95.2 Å². The van der Waals surface area contributed by atoms with Crippen LogP contribution < -0.4 is 5.14 Å². The van der Waals surface area contributed by atoms with E-state index in [9.17, 15) is 8.42 Å². The van der Waals surface area contributed by atoms with Gasteiger partial charge < -0.3 is 5.11 Å². The lowest BCUT2D eigenvalue weighted by atomic mass is 10.1. The maximum atomic E-state index is 11.2. The monoisotopic (exact) mass is 239 g/mol. The molecule has 1 rings (SSSR count). The summed E-state index contributed by atoms with van der Waals surface area (Å²) < 4.78 is 22.5. The maximum Gasteiger partial charge on any atom is 0.238 e. The first kappa shape index (κ1) is 12.7. The molecular weight excluding hydrogens is 226 g/mol. The van der Waals surface area contributed by atoms with Gasteiger partial charge in [0.2, 0.25) is 10.0 Å². The van der Waals surface area contributed by atoms with Crippen LogP contribution in [0.3, 0.4) is 0 Å². The van der Waals surface area contributed by atoms with Crippen LogP contribution in [0.15, 0.2) is 23.1 Å². The summed E-state index contributed by atoms with van der Waals surface area (Å²) in [5.41, 5.74) is 1.17. The number of aliphatic hydroxyl groups excluding tert-OH is 1. The van der Waals surface area contributed by atoms with E-state index < -0.39 is 10.0 Å². The Bertz CT molecular complexity index is 538. The SMILES string of the molecule is Cc1ccc(C#CCCO)cc1S(N)(=O)=O. The molecule has 1 aromatic carbocycles. The van der Waals surface area contributed by atoms with Crippen LogP contribution in [0.25, 0.3) is 0 Å². The number of sulfonamides is 1. The highest BCUT2D eigenvalue weighted by molar-refractivity contribution is 7.89. The fourth-order valence-corrected chi connectivity index (χ4v) is 2.01. The molecule has 0 aliphatic carbocycles. The molecule has 4 nitrogen and oxygen atoms in total. The molecule has 1 aromatic rings. The molecule has 5 heteroatoms. The van der Waals surface area contributed by atoms with Crippen LogP contribution in [0.1, 0.15) is 17.5 Å². The molecule has 0 atom stereocenters. The third-order valence-electron chi connectivity index (χ3n) is 1.96. The first-order valence-electron chi connectivity index (χ1n) is 4.68. The quantitative estimate of drug-likeness (QED) is 0.732. The normalized spacial score (nSPS) is 10.7. The highest BCUT2D eigenvalue weighted by atomic mass is 32.2. The topological polar surface area (TPSA) is 80.4 Å². The van der Waals surface area contributed by atoms with Gasteiger partial charge in [-0.25, -0.2) is 13.6 Å². The number of primary sulfonamides is 1. The second kappa shape index (κ2) is 5.12. The maximum absolute atomic E-state index is 11.2. The summed E-state index contributed by atoms with van der Waals surface area (Å²) in [7, 11) is -3.70. The first-order chi connectivity index (χ1) is 7.45. The molecule has 0 saturated heterocycles. The third kappa shape index (κ3) is 3.35. The van der Waals surface area contributed by atoms with Crippen molar-refractivity contribution in [2.24, 2.45) is 5.14 Å². The van der Waals surface area contributed by atoms with Gasteiger partial charge in [-0.3, -0.25) is 0 Å². The molecule has 0 aliphatic rings. The molecule has 0 unspecified atom stereocenters. The van der Waals surface area contributed by atoms with E-state index in [1.807, 2.05) is 0 Å². The minimum atomic E-state index is -3.70. The van der Waals surface area contributed by atoms with E-state index in [2.05, 4.69) is 11.8 Å². The fraction of sp³-hybridized carbons (Fsp3) is 0.273. The average molecular weight is 239 g/mol. The van der Waals surface area contributed by atoms with Crippen molar-refractivity contribution in [1.29, 1.82) is 0 Å². The first-order valence-corrected chi connectivity index (χ1v) is 6.23. The summed E-state index contributed by atoms with van der Waals surface area (Å²) in [6.45, 7) is 1.66. The zero-order chi connectivity index (χ0) is 12.2. The standard InChI is InChI=1S/C11H13NO3S/c1-9-5-6-10(4-2-3-7-13)8-11(9)16(12,14)15/h5-6,8,13H,3,7H2,1H3,(H2,12,14,15). The van der Waals surface area contributed by atoms with Crippen molar-refractivity contribution in [1.82, 2.24) is 0 Å². The van der Waals surface area contributed by atoms with Crippen molar-refractivity contribution in [3.05, 3.63) is 29.3 Å². The summed E-state index contributed by atoms with van der Waals surface area (Å²) in [4.78, 5) is 0.0864. The van der Waals surface area contributed by atoms with E-state index in [1.165, 1.54) is 6.07 Å². The number of nitrogens with two attached hydrogens (primary N) is 1. The molecule has 0 amide bonds. The summed E-state index contributed by atoms with van der Waals surface area (Å²) >= 11 is 0. The number of benzene rings is 1. The Morgan fingerprint density at radius 2 is 2.12 bits per heavy atom. The minimum absolute atomic E-state index is 0.0130. The van der Waals surface area contributed by atoms with Gasteiger partial charge in [0.15, 0.2) is 0 Å². The predicted octanol–water partition coefficient (Wildman–Crippen LogP) is 0.376. The Balaban J connectivity index is 3.15. The fourth-order valence-electron chi connectivity index (χ4n) is 1.20. The molecule has 0 heterocycles. The van der Waals surface area contributed by atoms with Gasteiger partial charge in [-0.2, -0.15) is 0 Å². The van der Waals surface area contributed by atoms with E-state index in [0.717, 1.165) is 0 Å². The minimum Gasteiger partial charge on any atom is -0.395 e. The summed E-state index contributed by atoms with van der Waals surface area (Å²) in [5, 5.41) is 13.6. The molecule has 16 heavy (non-hydrogen) atoms. The second-order valence-corrected chi connectivity index (χ2v) is 4.83. The smallest absolute Gasteiger partial charge is 0.238 e. The van der Waals surface area contributed by atoms with E-state index in [-0.39, 0.29) is 11.5 Å². The highest BCUT2D eigenvalue weighted by Gasteiger charge is 2.11.